The first-order valence-corrected chi connectivity index (χ1v) is 13.3. The highest BCUT2D eigenvalue weighted by molar-refractivity contribution is 7.89. The van der Waals surface area contributed by atoms with E-state index in [1.165, 1.54) is 36.4 Å². The molecule has 1 saturated heterocycles. The molecule has 38 heavy (non-hydrogen) atoms. The van der Waals surface area contributed by atoms with Crippen LogP contribution in [0.1, 0.15) is 29.3 Å². The normalized spacial score (nSPS) is 16.8. The zero-order valence-electron chi connectivity index (χ0n) is 20.4. The first-order valence-electron chi connectivity index (χ1n) is 11.9. The van der Waals surface area contributed by atoms with E-state index in [1.807, 2.05) is 0 Å². The molecule has 0 radical (unpaired) electrons. The number of carbonyl (C=O) groups is 3. The molecule has 0 spiro atoms. The van der Waals surface area contributed by atoms with Gasteiger partial charge in [0.25, 0.3) is 5.91 Å². The predicted molar refractivity (Wildman–Crippen MR) is 135 cm³/mol. The molecular formula is C27H24N2O8S. The molecule has 2 aliphatic heterocycles. The maximum Gasteiger partial charge on any atom is 0.338 e. The van der Waals surface area contributed by atoms with E-state index >= 15 is 0 Å². The number of nitrogens with zero attached hydrogens (tertiary/aromatic N) is 2. The summed E-state index contributed by atoms with van der Waals surface area (Å²) >= 11 is 0. The Hall–Kier alpha value is -4.22. The van der Waals surface area contributed by atoms with Crippen LogP contribution in [0.5, 0.6) is 11.5 Å². The second-order valence-corrected chi connectivity index (χ2v) is 10.5. The Balaban J connectivity index is 1.48. The van der Waals surface area contributed by atoms with Gasteiger partial charge < -0.3 is 14.2 Å². The van der Waals surface area contributed by atoms with E-state index < -0.39 is 33.8 Å². The zero-order chi connectivity index (χ0) is 26.9. The molecule has 2 heterocycles. The first kappa shape index (κ1) is 25.4. The van der Waals surface area contributed by atoms with Crippen molar-refractivity contribution in [3.8, 4) is 11.5 Å². The summed E-state index contributed by atoms with van der Waals surface area (Å²) in [5, 5.41) is 0. The maximum atomic E-state index is 13.8. The van der Waals surface area contributed by atoms with E-state index in [0.717, 1.165) is 9.21 Å². The number of carbonyl (C=O) groups excluding carboxylic acids is 3. The van der Waals surface area contributed by atoms with Crippen LogP contribution in [0.25, 0.3) is 0 Å². The smallest absolute Gasteiger partial charge is 0.338 e. The van der Waals surface area contributed by atoms with Crippen LogP contribution in [0.2, 0.25) is 0 Å². The summed E-state index contributed by atoms with van der Waals surface area (Å²) in [5.41, 5.74) is 1.06. The van der Waals surface area contributed by atoms with E-state index in [0.29, 0.717) is 17.1 Å². The lowest BCUT2D eigenvalue weighted by Crippen LogP contribution is -2.45. The third-order valence-corrected chi connectivity index (χ3v) is 8.10. The lowest BCUT2D eigenvalue weighted by molar-refractivity contribution is -0.122. The second kappa shape index (κ2) is 10.3. The van der Waals surface area contributed by atoms with Crippen LogP contribution < -0.4 is 14.4 Å². The molecule has 5 rings (SSSR count). The number of benzene rings is 3. The van der Waals surface area contributed by atoms with Crippen LogP contribution in [0.4, 0.5) is 5.69 Å². The molecule has 1 unspecified atom stereocenters. The molecule has 1 atom stereocenters. The van der Waals surface area contributed by atoms with Gasteiger partial charge in [-0.2, -0.15) is 4.31 Å². The quantitative estimate of drug-likeness (QED) is 0.318. The van der Waals surface area contributed by atoms with Crippen molar-refractivity contribution in [2.75, 3.05) is 18.3 Å². The Labute approximate surface area is 219 Å². The van der Waals surface area contributed by atoms with Crippen molar-refractivity contribution in [1.82, 2.24) is 4.31 Å². The Morgan fingerprint density at radius 2 is 1.71 bits per heavy atom. The highest BCUT2D eigenvalue weighted by Gasteiger charge is 2.47. The Kier molecular flexibility index (Phi) is 6.87. The standard InChI is InChI=1S/C27H24N2O8S/c1-2-35-27(32)19-9-11-20(12-10-19)29-25(30)15-22(26(29)31)28(38(33,34)21-6-4-3-5-7-21)16-18-8-13-23-24(14-18)37-17-36-23/h3-14,22H,2,15-17H2,1H3. The Morgan fingerprint density at radius 3 is 2.42 bits per heavy atom. The van der Waals surface area contributed by atoms with Gasteiger partial charge in [-0.25, -0.2) is 18.1 Å². The van der Waals surface area contributed by atoms with Gasteiger partial charge in [0.05, 0.1) is 29.2 Å². The van der Waals surface area contributed by atoms with Crippen molar-refractivity contribution in [3.63, 3.8) is 0 Å². The maximum absolute atomic E-state index is 13.8. The number of ether oxygens (including phenoxy) is 3. The molecular weight excluding hydrogens is 512 g/mol. The van der Waals surface area contributed by atoms with Crippen LogP contribution in [0.15, 0.2) is 77.7 Å². The molecule has 3 aromatic rings. The molecule has 0 saturated carbocycles. The highest BCUT2D eigenvalue weighted by atomic mass is 32.2. The number of anilines is 1. The van der Waals surface area contributed by atoms with Crippen LogP contribution in [-0.4, -0.2) is 49.9 Å². The molecule has 0 bridgehead atoms. The summed E-state index contributed by atoms with van der Waals surface area (Å²) in [4.78, 5) is 39.6. The molecule has 3 aromatic carbocycles. The van der Waals surface area contributed by atoms with Gasteiger partial charge in [0.2, 0.25) is 22.7 Å². The van der Waals surface area contributed by atoms with Crippen LogP contribution in [-0.2, 0) is 30.9 Å². The largest absolute Gasteiger partial charge is 0.462 e. The number of hydrogen-bond donors (Lipinski definition) is 0. The van der Waals surface area contributed by atoms with Gasteiger partial charge in [-0.3, -0.25) is 9.59 Å². The molecule has 2 aliphatic rings. The van der Waals surface area contributed by atoms with Gasteiger partial charge in [-0.15, -0.1) is 0 Å². The number of imide groups is 1. The lowest BCUT2D eigenvalue weighted by Gasteiger charge is -2.27. The van der Waals surface area contributed by atoms with Crippen molar-refractivity contribution in [2.45, 2.75) is 30.8 Å². The summed E-state index contributed by atoms with van der Waals surface area (Å²) in [7, 11) is -4.18. The summed E-state index contributed by atoms with van der Waals surface area (Å²) in [6.45, 7) is 1.78. The minimum Gasteiger partial charge on any atom is -0.462 e. The van der Waals surface area contributed by atoms with Gasteiger partial charge in [0.15, 0.2) is 11.5 Å². The van der Waals surface area contributed by atoms with Crippen LogP contribution >= 0.6 is 0 Å². The highest BCUT2D eigenvalue weighted by Crippen LogP contribution is 2.35. The van der Waals surface area contributed by atoms with Crippen LogP contribution in [0.3, 0.4) is 0 Å². The number of rotatable bonds is 8. The van der Waals surface area contributed by atoms with E-state index in [4.69, 9.17) is 14.2 Å². The molecule has 0 aliphatic carbocycles. The summed E-state index contributed by atoms with van der Waals surface area (Å²) < 4.78 is 44.3. The van der Waals surface area contributed by atoms with E-state index in [9.17, 15) is 22.8 Å². The van der Waals surface area contributed by atoms with E-state index in [-0.39, 0.29) is 42.5 Å². The number of hydrogen-bond acceptors (Lipinski definition) is 8. The second-order valence-electron chi connectivity index (χ2n) is 8.61. The van der Waals surface area contributed by atoms with Gasteiger partial charge in [0, 0.05) is 6.54 Å². The number of sulfonamides is 1. The fraction of sp³-hybridized carbons (Fsp3) is 0.222. The third-order valence-electron chi connectivity index (χ3n) is 6.23. The van der Waals surface area contributed by atoms with Crippen molar-refractivity contribution in [1.29, 1.82) is 0 Å². The average Bonchev–Trinajstić information content (AvgIpc) is 3.51. The average molecular weight is 537 g/mol. The van der Waals surface area contributed by atoms with Crippen molar-refractivity contribution in [3.05, 3.63) is 83.9 Å². The fourth-order valence-corrected chi connectivity index (χ4v) is 5.97. The predicted octanol–water partition coefficient (Wildman–Crippen LogP) is 3.12. The van der Waals surface area contributed by atoms with Gasteiger partial charge in [-0.1, -0.05) is 24.3 Å². The number of esters is 1. The molecule has 196 valence electrons. The molecule has 2 amide bonds. The summed E-state index contributed by atoms with van der Waals surface area (Å²) in [5.74, 6) is -0.755. The molecule has 1 fully saturated rings. The zero-order valence-corrected chi connectivity index (χ0v) is 21.2. The van der Waals surface area contributed by atoms with Gasteiger partial charge >= 0.3 is 5.97 Å². The molecule has 0 N–H and O–H groups in total. The fourth-order valence-electron chi connectivity index (χ4n) is 4.38. The Morgan fingerprint density at radius 1 is 1.00 bits per heavy atom. The minimum atomic E-state index is -4.18. The SMILES string of the molecule is CCOC(=O)c1ccc(N2C(=O)CC(N(Cc3ccc4c(c3)OCO4)S(=O)(=O)c3ccccc3)C2=O)cc1. The van der Waals surface area contributed by atoms with Crippen molar-refractivity contribution in [2.24, 2.45) is 0 Å². The number of fused-ring (bicyclic) bond motifs is 1. The number of amides is 2. The van der Waals surface area contributed by atoms with Crippen molar-refractivity contribution < 1.29 is 37.0 Å². The summed E-state index contributed by atoms with van der Waals surface area (Å²) in [6.07, 6.45) is -0.338. The lowest BCUT2D eigenvalue weighted by atomic mass is 10.1. The topological polar surface area (TPSA) is 120 Å². The van der Waals surface area contributed by atoms with Gasteiger partial charge in [0.1, 0.15) is 6.04 Å². The van der Waals surface area contributed by atoms with E-state index in [1.54, 1.807) is 43.3 Å². The monoisotopic (exact) mass is 536 g/mol. The summed E-state index contributed by atoms with van der Waals surface area (Å²) in [6, 6.07) is 17.3. The van der Waals surface area contributed by atoms with E-state index in [2.05, 4.69) is 0 Å². The molecule has 10 nitrogen and oxygen atoms in total. The van der Waals surface area contributed by atoms with Gasteiger partial charge in [-0.05, 0) is 61.0 Å². The molecule has 0 aromatic heterocycles. The minimum absolute atomic E-state index is 0.00164. The van der Waals surface area contributed by atoms with Crippen LogP contribution in [0, 0.1) is 0 Å². The molecule has 11 heteroatoms. The first-order chi connectivity index (χ1) is 18.3. The third kappa shape index (κ3) is 4.73. The van der Waals surface area contributed by atoms with Crippen molar-refractivity contribution >= 4 is 33.5 Å². The Bertz CT molecular complexity index is 1490.